The van der Waals surface area contributed by atoms with Crippen LogP contribution < -0.4 is 9.64 Å². The summed E-state index contributed by atoms with van der Waals surface area (Å²) in [6.07, 6.45) is 0. The molecule has 1 saturated heterocycles. The van der Waals surface area contributed by atoms with Crippen molar-refractivity contribution in [2.75, 3.05) is 12.0 Å². The van der Waals surface area contributed by atoms with Crippen molar-refractivity contribution < 1.29 is 28.9 Å². The summed E-state index contributed by atoms with van der Waals surface area (Å²) < 4.78 is 10.2. The number of anilines is 1. The fourth-order valence-corrected chi connectivity index (χ4v) is 3.53. The largest absolute Gasteiger partial charge is 0.507 e. The number of non-ortho nitro benzene ring substituents is 1. The number of hydrogen-bond acceptors (Lipinski definition) is 8. The van der Waals surface area contributed by atoms with Gasteiger partial charge in [-0.05, 0) is 48.9 Å². The van der Waals surface area contributed by atoms with Gasteiger partial charge < -0.3 is 14.4 Å². The lowest BCUT2D eigenvalue weighted by Gasteiger charge is -2.22. The van der Waals surface area contributed by atoms with Crippen LogP contribution in [-0.4, -0.2) is 34.0 Å². The SMILES string of the molecule is COc1ccc(C(O)=C2C(=O)C(=O)N(c3cc(C)on3)[C@@H]2c2ccc([N+](=O)[O-])cc2)cc1. The molecule has 32 heavy (non-hydrogen) atoms. The van der Waals surface area contributed by atoms with Gasteiger partial charge in [-0.15, -0.1) is 0 Å². The van der Waals surface area contributed by atoms with Crippen LogP contribution in [0.2, 0.25) is 0 Å². The number of nitro benzene ring substituents is 1. The van der Waals surface area contributed by atoms with Gasteiger partial charge >= 0.3 is 5.91 Å². The minimum atomic E-state index is -1.07. The van der Waals surface area contributed by atoms with E-state index in [4.69, 9.17) is 9.26 Å². The van der Waals surface area contributed by atoms with Crippen LogP contribution in [0.15, 0.2) is 64.7 Å². The van der Waals surface area contributed by atoms with Crippen molar-refractivity contribution in [2.45, 2.75) is 13.0 Å². The van der Waals surface area contributed by atoms with Gasteiger partial charge in [-0.1, -0.05) is 5.16 Å². The predicted molar refractivity (Wildman–Crippen MR) is 112 cm³/mol. The molecule has 0 radical (unpaired) electrons. The van der Waals surface area contributed by atoms with Crippen LogP contribution in [-0.2, 0) is 9.59 Å². The number of aliphatic hydroxyl groups excluding tert-OH is 1. The number of amides is 1. The van der Waals surface area contributed by atoms with Crippen molar-refractivity contribution in [1.82, 2.24) is 5.16 Å². The summed E-state index contributed by atoms with van der Waals surface area (Å²) in [5, 5.41) is 25.9. The second-order valence-corrected chi connectivity index (χ2v) is 7.04. The van der Waals surface area contributed by atoms with E-state index in [9.17, 15) is 24.8 Å². The van der Waals surface area contributed by atoms with Crippen molar-refractivity contribution in [3.8, 4) is 5.75 Å². The first kappa shape index (κ1) is 20.8. The quantitative estimate of drug-likeness (QED) is 0.211. The standard InChI is InChI=1S/C22H17N3O7/c1-12-11-17(23-32-12)24-19(13-3-7-15(8-4-13)25(29)30)18(21(27)22(24)28)20(26)14-5-9-16(31-2)10-6-14/h3-11,19,26H,1-2H3/t19-/m1/s1. The molecule has 3 aromatic rings. The summed E-state index contributed by atoms with van der Waals surface area (Å²) in [4.78, 5) is 37.5. The molecule has 2 aromatic carbocycles. The van der Waals surface area contributed by atoms with Gasteiger partial charge in [0.1, 0.15) is 17.3 Å². The lowest BCUT2D eigenvalue weighted by molar-refractivity contribution is -0.384. The van der Waals surface area contributed by atoms with E-state index in [-0.39, 0.29) is 17.1 Å². The van der Waals surface area contributed by atoms with Gasteiger partial charge in [-0.3, -0.25) is 24.6 Å². The second kappa shape index (κ2) is 7.99. The number of nitro groups is 1. The predicted octanol–water partition coefficient (Wildman–Crippen LogP) is 3.53. The Bertz CT molecular complexity index is 1240. The average molecular weight is 435 g/mol. The molecule has 1 atom stereocenters. The Kier molecular flexibility index (Phi) is 5.19. The molecule has 0 bridgehead atoms. The molecule has 0 unspecified atom stereocenters. The number of benzene rings is 2. The van der Waals surface area contributed by atoms with E-state index in [0.717, 1.165) is 4.90 Å². The van der Waals surface area contributed by atoms with Gasteiger partial charge in [-0.2, -0.15) is 0 Å². The number of aryl methyl sites for hydroxylation is 1. The van der Waals surface area contributed by atoms with E-state index in [0.29, 0.717) is 22.6 Å². The zero-order chi connectivity index (χ0) is 23.0. The topological polar surface area (TPSA) is 136 Å². The van der Waals surface area contributed by atoms with Crippen molar-refractivity contribution in [3.63, 3.8) is 0 Å². The molecular formula is C22H17N3O7. The van der Waals surface area contributed by atoms with Crippen LogP contribution in [0.3, 0.4) is 0 Å². The molecule has 1 aromatic heterocycles. The highest BCUT2D eigenvalue weighted by Crippen LogP contribution is 2.42. The van der Waals surface area contributed by atoms with E-state index in [1.807, 2.05) is 0 Å². The first-order valence-corrected chi connectivity index (χ1v) is 9.45. The minimum absolute atomic E-state index is 0.0849. The number of nitrogens with zero attached hydrogens (tertiary/aromatic N) is 3. The third kappa shape index (κ3) is 3.47. The summed E-state index contributed by atoms with van der Waals surface area (Å²) in [5.41, 5.74) is 0.352. The third-order valence-electron chi connectivity index (χ3n) is 5.09. The molecule has 1 aliphatic rings. The monoisotopic (exact) mass is 435 g/mol. The number of ether oxygens (including phenoxy) is 1. The summed E-state index contributed by atoms with van der Waals surface area (Å²) in [6.45, 7) is 1.63. The molecule has 1 fully saturated rings. The lowest BCUT2D eigenvalue weighted by Crippen LogP contribution is -2.29. The first-order chi connectivity index (χ1) is 15.3. The number of aliphatic hydroxyl groups is 1. The molecule has 0 spiro atoms. The molecule has 10 heteroatoms. The summed E-state index contributed by atoms with van der Waals surface area (Å²) >= 11 is 0. The van der Waals surface area contributed by atoms with E-state index in [1.54, 1.807) is 31.2 Å². The van der Waals surface area contributed by atoms with Crippen molar-refractivity contribution >= 4 is 29.0 Å². The molecule has 1 amide bonds. The van der Waals surface area contributed by atoms with Gasteiger partial charge in [0, 0.05) is 23.8 Å². The zero-order valence-corrected chi connectivity index (χ0v) is 17.0. The maximum atomic E-state index is 13.0. The van der Waals surface area contributed by atoms with E-state index >= 15 is 0 Å². The summed E-state index contributed by atoms with van der Waals surface area (Å²) in [5.74, 6) is -1.16. The van der Waals surface area contributed by atoms with E-state index < -0.39 is 28.4 Å². The van der Waals surface area contributed by atoms with Gasteiger partial charge in [0.2, 0.25) is 0 Å². The molecule has 162 valence electrons. The number of carbonyl (C=O) groups excluding carboxylic acids is 2. The number of carbonyl (C=O) groups is 2. The van der Waals surface area contributed by atoms with Crippen LogP contribution in [0.25, 0.3) is 5.76 Å². The third-order valence-corrected chi connectivity index (χ3v) is 5.09. The Morgan fingerprint density at radius 3 is 2.34 bits per heavy atom. The van der Waals surface area contributed by atoms with Crippen LogP contribution in [0, 0.1) is 17.0 Å². The molecular weight excluding hydrogens is 418 g/mol. The van der Waals surface area contributed by atoms with E-state index in [2.05, 4.69) is 5.16 Å². The van der Waals surface area contributed by atoms with Gasteiger partial charge in [0.05, 0.1) is 23.6 Å². The zero-order valence-electron chi connectivity index (χ0n) is 17.0. The average Bonchev–Trinajstić information content (AvgIpc) is 3.34. The number of methoxy groups -OCH3 is 1. The number of Topliss-reactive ketones (excluding diaryl/α,β-unsaturated/α-hetero) is 1. The van der Waals surface area contributed by atoms with Crippen molar-refractivity contribution in [2.24, 2.45) is 0 Å². The van der Waals surface area contributed by atoms with Gasteiger partial charge in [0.15, 0.2) is 5.82 Å². The fraction of sp³-hybridized carbons (Fsp3) is 0.136. The first-order valence-electron chi connectivity index (χ1n) is 9.45. The Morgan fingerprint density at radius 2 is 1.81 bits per heavy atom. The van der Waals surface area contributed by atoms with Crippen molar-refractivity contribution in [3.05, 3.63) is 87.2 Å². The molecule has 0 aliphatic carbocycles. The Balaban J connectivity index is 1.90. The maximum absolute atomic E-state index is 13.0. The molecule has 2 heterocycles. The lowest BCUT2D eigenvalue weighted by atomic mass is 9.95. The summed E-state index contributed by atoms with van der Waals surface area (Å²) in [6, 6.07) is 12.1. The molecule has 4 rings (SSSR count). The highest BCUT2D eigenvalue weighted by atomic mass is 16.6. The number of aromatic nitrogens is 1. The summed E-state index contributed by atoms with van der Waals surface area (Å²) in [7, 11) is 1.49. The minimum Gasteiger partial charge on any atom is -0.507 e. The van der Waals surface area contributed by atoms with Gasteiger partial charge in [-0.25, -0.2) is 0 Å². The number of hydrogen-bond donors (Lipinski definition) is 1. The highest BCUT2D eigenvalue weighted by Gasteiger charge is 2.48. The van der Waals surface area contributed by atoms with E-state index in [1.165, 1.54) is 37.4 Å². The van der Waals surface area contributed by atoms with Crippen LogP contribution in [0.4, 0.5) is 11.5 Å². The Labute approximate surface area is 181 Å². The second-order valence-electron chi connectivity index (χ2n) is 7.04. The van der Waals surface area contributed by atoms with Crippen LogP contribution in [0.5, 0.6) is 5.75 Å². The Hall–Kier alpha value is -4.47. The van der Waals surface area contributed by atoms with Crippen molar-refractivity contribution in [1.29, 1.82) is 0 Å². The number of ketones is 1. The fourth-order valence-electron chi connectivity index (χ4n) is 3.53. The molecule has 1 aliphatic heterocycles. The van der Waals surface area contributed by atoms with Crippen LogP contribution in [0.1, 0.15) is 22.9 Å². The van der Waals surface area contributed by atoms with Gasteiger partial charge in [0.25, 0.3) is 11.5 Å². The maximum Gasteiger partial charge on any atom is 0.301 e. The Morgan fingerprint density at radius 1 is 1.16 bits per heavy atom. The van der Waals surface area contributed by atoms with Crippen LogP contribution >= 0.6 is 0 Å². The molecule has 10 nitrogen and oxygen atoms in total. The highest BCUT2D eigenvalue weighted by molar-refractivity contribution is 6.51. The normalized spacial score (nSPS) is 17.6. The smallest absolute Gasteiger partial charge is 0.301 e. The molecule has 1 N–H and O–H groups in total. The number of rotatable bonds is 5. The molecule has 0 saturated carbocycles.